The summed E-state index contributed by atoms with van der Waals surface area (Å²) in [5.74, 6) is -4.08. The average molecular weight is 192 g/mol. The molecule has 4 N–H and O–H groups in total. The number of hydrogen-bond acceptors (Lipinski definition) is 4. The Labute approximate surface area is 74.4 Å². The minimum atomic E-state index is -1.75. The predicted molar refractivity (Wildman–Crippen MR) is 41.1 cm³/mol. The molecule has 6 heteroatoms. The fourth-order valence-electron chi connectivity index (χ4n) is 0.845. The van der Waals surface area contributed by atoms with Gasteiger partial charge in [-0.05, 0) is 13.3 Å². The summed E-state index contributed by atoms with van der Waals surface area (Å²) in [6.45, 7) is 1.23. The monoisotopic (exact) mass is 192 g/mol. The number of carbonyl (C=O) groups is 2. The van der Waals surface area contributed by atoms with E-state index in [4.69, 9.17) is 20.4 Å². The molecule has 0 aromatic rings. The summed E-state index contributed by atoms with van der Waals surface area (Å²) in [6, 6.07) is 0. The maximum atomic E-state index is 10.4. The molecular formula is C7H12O6. The summed E-state index contributed by atoms with van der Waals surface area (Å²) in [4.78, 5) is 20.6. The molecule has 0 saturated heterocycles. The van der Waals surface area contributed by atoms with Gasteiger partial charge < -0.3 is 20.4 Å². The molecule has 0 bridgehead atoms. The third-order valence-electron chi connectivity index (χ3n) is 1.66. The predicted octanol–water partition coefficient (Wildman–Crippen LogP) is -1.10. The molecule has 0 aliphatic carbocycles. The fraction of sp³-hybridized carbons (Fsp3) is 0.714. The van der Waals surface area contributed by atoms with Gasteiger partial charge in [0.15, 0.2) is 6.10 Å². The largest absolute Gasteiger partial charge is 0.481 e. The van der Waals surface area contributed by atoms with Gasteiger partial charge in [0.1, 0.15) is 0 Å². The van der Waals surface area contributed by atoms with Crippen molar-refractivity contribution in [2.24, 2.45) is 5.92 Å². The number of aliphatic hydroxyl groups excluding tert-OH is 2. The van der Waals surface area contributed by atoms with Crippen molar-refractivity contribution in [3.63, 3.8) is 0 Å². The number of hydrogen-bond donors (Lipinski definition) is 4. The summed E-state index contributed by atoms with van der Waals surface area (Å²) in [5, 5.41) is 34.5. The molecule has 0 spiro atoms. The molecular weight excluding hydrogens is 180 g/mol. The SMILES string of the molecule is CC(O)C(CC(O)C(=O)O)C(=O)O. The van der Waals surface area contributed by atoms with E-state index in [1.54, 1.807) is 0 Å². The zero-order chi connectivity index (χ0) is 10.6. The summed E-state index contributed by atoms with van der Waals surface area (Å²) in [6.07, 6.45) is -3.44. The zero-order valence-electron chi connectivity index (χ0n) is 7.04. The van der Waals surface area contributed by atoms with Gasteiger partial charge in [-0.15, -0.1) is 0 Å². The molecule has 0 fully saturated rings. The third-order valence-corrected chi connectivity index (χ3v) is 1.66. The van der Waals surface area contributed by atoms with Gasteiger partial charge in [-0.2, -0.15) is 0 Å². The van der Waals surface area contributed by atoms with Gasteiger partial charge >= 0.3 is 11.9 Å². The first kappa shape index (κ1) is 11.9. The van der Waals surface area contributed by atoms with Crippen molar-refractivity contribution in [3.8, 4) is 0 Å². The van der Waals surface area contributed by atoms with Crippen molar-refractivity contribution in [1.82, 2.24) is 0 Å². The van der Waals surface area contributed by atoms with Gasteiger partial charge in [0.2, 0.25) is 0 Å². The van der Waals surface area contributed by atoms with Gasteiger partial charge in [0.05, 0.1) is 12.0 Å². The molecule has 0 amide bonds. The van der Waals surface area contributed by atoms with Crippen LogP contribution < -0.4 is 0 Å². The second-order valence-corrected chi connectivity index (χ2v) is 2.78. The van der Waals surface area contributed by atoms with Crippen molar-refractivity contribution in [1.29, 1.82) is 0 Å². The Kier molecular flexibility index (Phi) is 4.36. The van der Waals surface area contributed by atoms with E-state index in [9.17, 15) is 9.59 Å². The highest BCUT2D eigenvalue weighted by molar-refractivity contribution is 5.75. The van der Waals surface area contributed by atoms with Gasteiger partial charge in [-0.25, -0.2) is 4.79 Å². The second kappa shape index (κ2) is 4.78. The van der Waals surface area contributed by atoms with E-state index in [1.807, 2.05) is 0 Å². The van der Waals surface area contributed by atoms with Crippen LogP contribution in [-0.4, -0.2) is 44.6 Å². The van der Waals surface area contributed by atoms with E-state index in [0.29, 0.717) is 0 Å². The molecule has 0 saturated carbocycles. The molecule has 0 aliphatic heterocycles. The summed E-state index contributed by atoms with van der Waals surface area (Å²) in [7, 11) is 0. The van der Waals surface area contributed by atoms with Crippen LogP contribution in [0.15, 0.2) is 0 Å². The molecule has 3 unspecified atom stereocenters. The molecule has 6 nitrogen and oxygen atoms in total. The Morgan fingerprint density at radius 1 is 1.15 bits per heavy atom. The van der Waals surface area contributed by atoms with Crippen molar-refractivity contribution < 1.29 is 30.0 Å². The summed E-state index contributed by atoms with van der Waals surface area (Å²) < 4.78 is 0. The van der Waals surface area contributed by atoms with Gasteiger partial charge in [-0.1, -0.05) is 0 Å². The van der Waals surface area contributed by atoms with Gasteiger partial charge in [0.25, 0.3) is 0 Å². The lowest BCUT2D eigenvalue weighted by atomic mass is 9.96. The van der Waals surface area contributed by atoms with Gasteiger partial charge in [0, 0.05) is 0 Å². The van der Waals surface area contributed by atoms with Crippen LogP contribution in [0.1, 0.15) is 13.3 Å². The van der Waals surface area contributed by atoms with Crippen molar-refractivity contribution in [3.05, 3.63) is 0 Å². The Hall–Kier alpha value is -1.14. The Bertz CT molecular complexity index is 199. The normalized spacial score (nSPS) is 17.5. The molecule has 0 aliphatic rings. The molecule has 13 heavy (non-hydrogen) atoms. The minimum Gasteiger partial charge on any atom is -0.481 e. The van der Waals surface area contributed by atoms with Crippen LogP contribution in [0.5, 0.6) is 0 Å². The first-order valence-corrected chi connectivity index (χ1v) is 3.68. The molecule has 76 valence electrons. The topological polar surface area (TPSA) is 115 Å². The van der Waals surface area contributed by atoms with Gasteiger partial charge in [-0.3, -0.25) is 4.79 Å². The standard InChI is InChI=1S/C7H12O6/c1-3(8)4(6(10)11)2-5(9)7(12)13/h3-5,8-9H,2H2,1H3,(H,10,11)(H,12,13). The Morgan fingerprint density at radius 3 is 1.85 bits per heavy atom. The summed E-state index contributed by atoms with van der Waals surface area (Å²) >= 11 is 0. The average Bonchev–Trinajstić information content (AvgIpc) is 1.97. The van der Waals surface area contributed by atoms with Crippen LogP contribution in [0.25, 0.3) is 0 Å². The number of carboxylic acid groups (broad SMARTS) is 2. The smallest absolute Gasteiger partial charge is 0.332 e. The van der Waals surface area contributed by atoms with Crippen molar-refractivity contribution in [2.45, 2.75) is 25.6 Å². The van der Waals surface area contributed by atoms with E-state index in [0.717, 1.165) is 0 Å². The van der Waals surface area contributed by atoms with Crippen LogP contribution in [0.4, 0.5) is 0 Å². The Balaban J connectivity index is 4.27. The first-order chi connectivity index (χ1) is 5.86. The summed E-state index contributed by atoms with van der Waals surface area (Å²) in [5.41, 5.74) is 0. The molecule has 0 radical (unpaired) electrons. The zero-order valence-corrected chi connectivity index (χ0v) is 7.04. The van der Waals surface area contributed by atoms with E-state index >= 15 is 0 Å². The molecule has 0 aromatic heterocycles. The molecule has 0 rings (SSSR count). The van der Waals surface area contributed by atoms with Crippen molar-refractivity contribution >= 4 is 11.9 Å². The highest BCUT2D eigenvalue weighted by atomic mass is 16.4. The molecule has 0 heterocycles. The van der Waals surface area contributed by atoms with Crippen LogP contribution >= 0.6 is 0 Å². The Morgan fingerprint density at radius 2 is 1.62 bits per heavy atom. The van der Waals surface area contributed by atoms with E-state index in [2.05, 4.69) is 0 Å². The number of aliphatic carboxylic acids is 2. The van der Waals surface area contributed by atoms with Crippen LogP contribution in [0.3, 0.4) is 0 Å². The lowest BCUT2D eigenvalue weighted by Gasteiger charge is -2.16. The maximum absolute atomic E-state index is 10.4. The van der Waals surface area contributed by atoms with E-state index < -0.39 is 36.5 Å². The maximum Gasteiger partial charge on any atom is 0.332 e. The molecule has 3 atom stereocenters. The van der Waals surface area contributed by atoms with E-state index in [1.165, 1.54) is 6.92 Å². The number of carboxylic acids is 2. The highest BCUT2D eigenvalue weighted by Gasteiger charge is 2.28. The molecule has 0 aromatic carbocycles. The second-order valence-electron chi connectivity index (χ2n) is 2.78. The van der Waals surface area contributed by atoms with Crippen molar-refractivity contribution in [2.75, 3.05) is 0 Å². The number of rotatable bonds is 5. The third kappa shape index (κ3) is 3.86. The lowest BCUT2D eigenvalue weighted by molar-refractivity contribution is -0.152. The number of aliphatic hydroxyl groups is 2. The highest BCUT2D eigenvalue weighted by Crippen LogP contribution is 2.12. The van der Waals surface area contributed by atoms with Crippen LogP contribution in [-0.2, 0) is 9.59 Å². The van der Waals surface area contributed by atoms with Crippen LogP contribution in [0, 0.1) is 5.92 Å². The lowest BCUT2D eigenvalue weighted by Crippen LogP contribution is -2.32. The van der Waals surface area contributed by atoms with Crippen LogP contribution in [0.2, 0.25) is 0 Å². The quantitative estimate of drug-likeness (QED) is 0.439. The first-order valence-electron chi connectivity index (χ1n) is 3.68. The fourth-order valence-corrected chi connectivity index (χ4v) is 0.845. The van der Waals surface area contributed by atoms with E-state index in [-0.39, 0.29) is 0 Å². The minimum absolute atomic E-state index is 0.498.